The van der Waals surface area contributed by atoms with Gasteiger partial charge >= 0.3 is 5.97 Å². The van der Waals surface area contributed by atoms with Gasteiger partial charge in [0.25, 0.3) is 0 Å². The molecule has 1 aliphatic heterocycles. The number of carboxylic acids is 1. The van der Waals surface area contributed by atoms with E-state index in [1.165, 1.54) is 0 Å². The molecule has 0 aromatic heterocycles. The summed E-state index contributed by atoms with van der Waals surface area (Å²) in [6.07, 6.45) is 2.77. The van der Waals surface area contributed by atoms with Crippen LogP contribution in [0, 0.1) is 0 Å². The van der Waals surface area contributed by atoms with Crippen LogP contribution in [0.1, 0.15) is 44.6 Å². The number of carbonyl (C=O) groups excluding carboxylic acids is 2. The van der Waals surface area contributed by atoms with E-state index in [2.05, 4.69) is 5.32 Å². The fourth-order valence-electron chi connectivity index (χ4n) is 3.26. The lowest BCUT2D eigenvalue weighted by Crippen LogP contribution is -2.50. The zero-order valence-corrected chi connectivity index (χ0v) is 14.6. The van der Waals surface area contributed by atoms with Gasteiger partial charge in [0.2, 0.25) is 11.8 Å². The number of carboxylic acid groups (broad SMARTS) is 1. The molecular weight excluding hydrogens is 320 g/mol. The molecule has 2 amide bonds. The van der Waals surface area contributed by atoms with E-state index in [0.29, 0.717) is 32.2 Å². The van der Waals surface area contributed by atoms with Crippen molar-refractivity contribution in [3.8, 4) is 0 Å². The van der Waals surface area contributed by atoms with Crippen LogP contribution in [-0.2, 0) is 20.8 Å². The van der Waals surface area contributed by atoms with Gasteiger partial charge in [-0.1, -0.05) is 37.3 Å². The molecule has 0 bridgehead atoms. The second kappa shape index (κ2) is 9.20. The zero-order chi connectivity index (χ0) is 18.2. The third-order valence-electron chi connectivity index (χ3n) is 4.55. The van der Waals surface area contributed by atoms with E-state index >= 15 is 0 Å². The second-order valence-corrected chi connectivity index (χ2v) is 6.44. The number of amides is 2. The first-order valence-corrected chi connectivity index (χ1v) is 8.86. The summed E-state index contributed by atoms with van der Waals surface area (Å²) in [6, 6.07) is 8.94. The maximum Gasteiger partial charge on any atom is 0.303 e. The van der Waals surface area contributed by atoms with Gasteiger partial charge in [0, 0.05) is 25.4 Å². The fourth-order valence-corrected chi connectivity index (χ4v) is 3.26. The van der Waals surface area contributed by atoms with Gasteiger partial charge in [-0.3, -0.25) is 14.4 Å². The van der Waals surface area contributed by atoms with Crippen molar-refractivity contribution in [3.63, 3.8) is 0 Å². The van der Waals surface area contributed by atoms with Gasteiger partial charge in [0.1, 0.15) is 6.04 Å². The lowest BCUT2D eigenvalue weighted by Gasteiger charge is -2.28. The molecule has 1 heterocycles. The second-order valence-electron chi connectivity index (χ2n) is 6.44. The van der Waals surface area contributed by atoms with Crippen LogP contribution in [0.25, 0.3) is 0 Å². The van der Waals surface area contributed by atoms with Crippen molar-refractivity contribution in [2.24, 2.45) is 0 Å². The molecule has 2 N–H and O–H groups in total. The summed E-state index contributed by atoms with van der Waals surface area (Å²) in [7, 11) is 0. The first-order valence-electron chi connectivity index (χ1n) is 8.86. The molecule has 2 rings (SSSR count). The smallest absolute Gasteiger partial charge is 0.303 e. The molecule has 1 aliphatic rings. The summed E-state index contributed by atoms with van der Waals surface area (Å²) >= 11 is 0. The Balaban J connectivity index is 2.03. The minimum absolute atomic E-state index is 0.00276. The molecule has 6 heteroatoms. The minimum Gasteiger partial charge on any atom is -0.481 e. The summed E-state index contributed by atoms with van der Waals surface area (Å²) in [5, 5.41) is 11.9. The topological polar surface area (TPSA) is 86.7 Å². The van der Waals surface area contributed by atoms with E-state index in [4.69, 9.17) is 5.11 Å². The Hall–Kier alpha value is -2.37. The van der Waals surface area contributed by atoms with Gasteiger partial charge in [0.15, 0.2) is 0 Å². The Morgan fingerprint density at radius 3 is 2.56 bits per heavy atom. The van der Waals surface area contributed by atoms with Crippen LogP contribution in [0.4, 0.5) is 0 Å². The van der Waals surface area contributed by atoms with Crippen LogP contribution < -0.4 is 5.32 Å². The summed E-state index contributed by atoms with van der Waals surface area (Å²) in [5.74, 6) is -1.05. The van der Waals surface area contributed by atoms with E-state index in [1.807, 2.05) is 37.3 Å². The van der Waals surface area contributed by atoms with Crippen LogP contribution in [0.15, 0.2) is 30.3 Å². The highest BCUT2D eigenvalue weighted by Gasteiger charge is 2.32. The Labute approximate surface area is 148 Å². The van der Waals surface area contributed by atoms with E-state index < -0.39 is 12.0 Å². The molecule has 1 fully saturated rings. The molecule has 1 saturated heterocycles. The van der Waals surface area contributed by atoms with Gasteiger partial charge in [-0.15, -0.1) is 0 Å². The van der Waals surface area contributed by atoms with Crippen molar-refractivity contribution in [3.05, 3.63) is 35.9 Å². The fraction of sp³-hybridized carbons (Fsp3) is 0.526. The average Bonchev–Trinajstić information content (AvgIpc) is 3.00. The van der Waals surface area contributed by atoms with Crippen molar-refractivity contribution in [2.45, 2.75) is 57.5 Å². The number of benzene rings is 1. The molecular formula is C19H26N2O4. The monoisotopic (exact) mass is 346 g/mol. The number of nitrogens with one attached hydrogen (secondary N) is 1. The molecule has 0 saturated carbocycles. The normalized spacial score (nSPS) is 16.5. The van der Waals surface area contributed by atoms with Crippen LogP contribution >= 0.6 is 0 Å². The maximum atomic E-state index is 12.7. The Morgan fingerprint density at radius 1 is 1.28 bits per heavy atom. The maximum absolute atomic E-state index is 12.7. The van der Waals surface area contributed by atoms with Crippen LogP contribution in [0.5, 0.6) is 0 Å². The number of nitrogens with zero attached hydrogens (tertiary/aromatic N) is 1. The minimum atomic E-state index is -0.880. The van der Waals surface area contributed by atoms with Crippen molar-refractivity contribution in [1.29, 1.82) is 0 Å². The number of hydrogen-bond acceptors (Lipinski definition) is 3. The largest absolute Gasteiger partial charge is 0.481 e. The number of aliphatic carboxylic acids is 1. The zero-order valence-electron chi connectivity index (χ0n) is 14.6. The van der Waals surface area contributed by atoms with Crippen LogP contribution in [0.3, 0.4) is 0 Å². The molecule has 1 aromatic rings. The Kier molecular flexibility index (Phi) is 6.98. The molecule has 1 aromatic carbocycles. The third-order valence-corrected chi connectivity index (χ3v) is 4.55. The van der Waals surface area contributed by atoms with Crippen molar-refractivity contribution in [1.82, 2.24) is 10.2 Å². The van der Waals surface area contributed by atoms with Gasteiger partial charge in [0.05, 0.1) is 0 Å². The predicted molar refractivity (Wildman–Crippen MR) is 94.0 cm³/mol. The summed E-state index contributed by atoms with van der Waals surface area (Å²) in [6.45, 7) is 2.50. The van der Waals surface area contributed by atoms with Gasteiger partial charge in [-0.25, -0.2) is 0 Å². The van der Waals surface area contributed by atoms with Crippen molar-refractivity contribution in [2.75, 3.05) is 6.54 Å². The molecule has 2 unspecified atom stereocenters. The Bertz CT molecular complexity index is 603. The lowest BCUT2D eigenvalue weighted by molar-refractivity contribution is -0.138. The Morgan fingerprint density at radius 2 is 2.00 bits per heavy atom. The van der Waals surface area contributed by atoms with E-state index in [0.717, 1.165) is 12.0 Å². The standard InChI is InChI=1S/C19H26N2O4/c1-2-16(21-12-6-9-17(21)22)19(25)20-15(10-11-18(23)24)13-14-7-4-3-5-8-14/h3-5,7-8,15-16H,2,6,9-13H2,1H3,(H,20,25)(H,23,24). The highest BCUT2D eigenvalue weighted by molar-refractivity contribution is 5.88. The molecule has 136 valence electrons. The van der Waals surface area contributed by atoms with Crippen LogP contribution in [-0.4, -0.2) is 46.4 Å². The predicted octanol–water partition coefficient (Wildman–Crippen LogP) is 1.98. The first kappa shape index (κ1) is 19.0. The van der Waals surface area contributed by atoms with E-state index in [9.17, 15) is 14.4 Å². The van der Waals surface area contributed by atoms with E-state index in [1.54, 1.807) is 4.90 Å². The molecule has 2 atom stereocenters. The summed E-state index contributed by atoms with van der Waals surface area (Å²) in [4.78, 5) is 37.2. The van der Waals surface area contributed by atoms with Gasteiger partial charge < -0.3 is 15.3 Å². The first-order chi connectivity index (χ1) is 12.0. The number of carbonyl (C=O) groups is 3. The summed E-state index contributed by atoms with van der Waals surface area (Å²) < 4.78 is 0. The molecule has 25 heavy (non-hydrogen) atoms. The highest BCUT2D eigenvalue weighted by Crippen LogP contribution is 2.17. The molecule has 0 aliphatic carbocycles. The highest BCUT2D eigenvalue weighted by atomic mass is 16.4. The summed E-state index contributed by atoms with van der Waals surface area (Å²) in [5.41, 5.74) is 1.04. The molecule has 0 radical (unpaired) electrons. The SMILES string of the molecule is CCC(C(=O)NC(CCC(=O)O)Cc1ccccc1)N1CCCC1=O. The molecule has 6 nitrogen and oxygen atoms in total. The average molecular weight is 346 g/mol. The van der Waals surface area contributed by atoms with Crippen molar-refractivity contribution < 1.29 is 19.5 Å². The van der Waals surface area contributed by atoms with Crippen molar-refractivity contribution >= 4 is 17.8 Å². The molecule has 0 spiro atoms. The van der Waals surface area contributed by atoms with Gasteiger partial charge in [-0.05, 0) is 31.2 Å². The van der Waals surface area contributed by atoms with Gasteiger partial charge in [-0.2, -0.15) is 0 Å². The number of hydrogen-bond donors (Lipinski definition) is 2. The lowest BCUT2D eigenvalue weighted by atomic mass is 10.0. The third kappa shape index (κ3) is 5.59. The van der Waals surface area contributed by atoms with E-state index in [-0.39, 0.29) is 24.3 Å². The van der Waals surface area contributed by atoms with Crippen LogP contribution in [0.2, 0.25) is 0 Å². The number of likely N-dealkylation sites (tertiary alicyclic amines) is 1. The number of rotatable bonds is 9. The quantitative estimate of drug-likeness (QED) is 0.716.